The molecule has 2 aromatic rings. The Morgan fingerprint density at radius 1 is 0.852 bits per heavy atom. The second kappa shape index (κ2) is 9.18. The van der Waals surface area contributed by atoms with Gasteiger partial charge in [0.2, 0.25) is 0 Å². The Balaban J connectivity index is 2.47. The average Bonchev–Trinajstić information content (AvgIpc) is 2.67. The lowest BCUT2D eigenvalue weighted by molar-refractivity contribution is 0.0388. The van der Waals surface area contributed by atoms with E-state index in [9.17, 15) is 5.11 Å². The zero-order valence-corrected chi connectivity index (χ0v) is 18.8. The number of aliphatic hydroxyl groups is 1. The van der Waals surface area contributed by atoms with Gasteiger partial charge >= 0.3 is 0 Å². The molecule has 2 nitrogen and oxygen atoms in total. The van der Waals surface area contributed by atoms with Crippen molar-refractivity contribution in [1.82, 2.24) is 0 Å². The summed E-state index contributed by atoms with van der Waals surface area (Å²) in [6, 6.07) is 21.4. The first kappa shape index (κ1) is 21.9. The van der Waals surface area contributed by atoms with Gasteiger partial charge in [-0.3, -0.25) is 0 Å². The monoisotopic (exact) mass is 384 g/mol. The second-order valence-corrected chi connectivity index (χ2v) is 13.1. The Morgan fingerprint density at radius 3 is 1.67 bits per heavy atom. The summed E-state index contributed by atoms with van der Waals surface area (Å²) in [5.41, 5.74) is 0. The highest BCUT2D eigenvalue weighted by atomic mass is 28.4. The van der Waals surface area contributed by atoms with E-state index in [-0.39, 0.29) is 23.0 Å². The Kier molecular flexibility index (Phi) is 7.44. The Labute approximate surface area is 166 Å². The molecule has 1 N–H and O–H groups in total. The van der Waals surface area contributed by atoms with E-state index in [1.807, 2.05) is 0 Å². The van der Waals surface area contributed by atoms with Crippen molar-refractivity contribution >= 4 is 18.7 Å². The minimum Gasteiger partial charge on any atom is -0.407 e. The molecule has 148 valence electrons. The minimum absolute atomic E-state index is 0.0310. The van der Waals surface area contributed by atoms with Gasteiger partial charge in [0.25, 0.3) is 8.32 Å². The number of hydrogen-bond acceptors (Lipinski definition) is 2. The van der Waals surface area contributed by atoms with Gasteiger partial charge in [0.15, 0.2) is 0 Å². The summed E-state index contributed by atoms with van der Waals surface area (Å²) < 4.78 is 6.92. The summed E-state index contributed by atoms with van der Waals surface area (Å²) in [6.07, 6.45) is 0.637. The zero-order chi connectivity index (χ0) is 20.1. The van der Waals surface area contributed by atoms with Crippen LogP contribution in [0, 0.1) is 11.8 Å². The molecule has 0 aliphatic carbocycles. The van der Waals surface area contributed by atoms with Crippen LogP contribution < -0.4 is 10.4 Å². The van der Waals surface area contributed by atoms with Crippen molar-refractivity contribution < 1.29 is 9.53 Å². The fourth-order valence-corrected chi connectivity index (χ4v) is 8.59. The van der Waals surface area contributed by atoms with E-state index in [1.165, 1.54) is 10.4 Å². The van der Waals surface area contributed by atoms with Gasteiger partial charge in [-0.1, -0.05) is 109 Å². The van der Waals surface area contributed by atoms with Gasteiger partial charge in [0.1, 0.15) is 0 Å². The number of aliphatic hydroxyl groups excluding tert-OH is 1. The van der Waals surface area contributed by atoms with Crippen LogP contribution in [-0.4, -0.2) is 26.1 Å². The van der Waals surface area contributed by atoms with Crippen molar-refractivity contribution in [3.8, 4) is 0 Å². The van der Waals surface area contributed by atoms with Crippen molar-refractivity contribution in [3.63, 3.8) is 0 Å². The normalized spacial score (nSPS) is 16.0. The van der Waals surface area contributed by atoms with E-state index in [1.54, 1.807) is 0 Å². The molecule has 0 radical (unpaired) electrons. The van der Waals surface area contributed by atoms with Crippen LogP contribution in [0.15, 0.2) is 60.7 Å². The maximum atomic E-state index is 10.7. The van der Waals surface area contributed by atoms with Crippen LogP contribution in [-0.2, 0) is 4.43 Å². The third kappa shape index (κ3) is 4.71. The maximum Gasteiger partial charge on any atom is 0.261 e. The van der Waals surface area contributed by atoms with Crippen LogP contribution in [0.25, 0.3) is 0 Å². The Bertz CT molecular complexity index is 639. The molecule has 0 fully saturated rings. The first-order valence-electron chi connectivity index (χ1n) is 10.2. The van der Waals surface area contributed by atoms with Crippen molar-refractivity contribution in [2.75, 3.05) is 6.61 Å². The standard InChI is InChI=1S/C24H36O2Si/c1-7-19(2)23(25)20(3)18-26-27(24(4,5)6,21-14-10-8-11-15-21)22-16-12-9-13-17-22/h8-17,19-20,23,25H,7,18H2,1-6H3/t19-,20+,23-/m1/s1. The molecule has 0 heterocycles. The fourth-order valence-electron chi connectivity index (χ4n) is 3.92. The SMILES string of the molecule is CC[C@@H](C)[C@@H](O)[C@@H](C)CO[Si](c1ccccc1)(c1ccccc1)C(C)(C)C. The lowest BCUT2D eigenvalue weighted by atomic mass is 9.92. The van der Waals surface area contributed by atoms with E-state index in [2.05, 4.69) is 102 Å². The molecule has 0 bridgehead atoms. The molecule has 3 heteroatoms. The minimum atomic E-state index is -2.51. The maximum absolute atomic E-state index is 10.7. The van der Waals surface area contributed by atoms with Crippen LogP contribution in [0.3, 0.4) is 0 Å². The summed E-state index contributed by atoms with van der Waals surface area (Å²) in [5.74, 6) is 0.379. The van der Waals surface area contributed by atoms with Crippen LogP contribution >= 0.6 is 0 Å². The lowest BCUT2D eigenvalue weighted by Gasteiger charge is -2.44. The molecule has 0 amide bonds. The van der Waals surface area contributed by atoms with Crippen LogP contribution in [0.5, 0.6) is 0 Å². The van der Waals surface area contributed by atoms with Crippen LogP contribution in [0.2, 0.25) is 5.04 Å². The van der Waals surface area contributed by atoms with Crippen molar-refractivity contribution in [2.24, 2.45) is 11.8 Å². The largest absolute Gasteiger partial charge is 0.407 e. The van der Waals surface area contributed by atoms with Gasteiger partial charge in [-0.05, 0) is 21.3 Å². The van der Waals surface area contributed by atoms with Crippen molar-refractivity contribution in [1.29, 1.82) is 0 Å². The Hall–Kier alpha value is -1.42. The van der Waals surface area contributed by atoms with Gasteiger partial charge in [-0.25, -0.2) is 0 Å². The van der Waals surface area contributed by atoms with Crippen LogP contribution in [0.4, 0.5) is 0 Å². The van der Waals surface area contributed by atoms with Gasteiger partial charge in [-0.15, -0.1) is 0 Å². The highest BCUT2D eigenvalue weighted by molar-refractivity contribution is 6.99. The predicted octanol–water partition coefficient (Wildman–Crippen LogP) is 4.61. The summed E-state index contributed by atoms with van der Waals surface area (Å²) >= 11 is 0. The molecule has 0 saturated heterocycles. The molecule has 0 spiro atoms. The topological polar surface area (TPSA) is 29.5 Å². The van der Waals surface area contributed by atoms with Gasteiger partial charge in [0, 0.05) is 12.5 Å². The van der Waals surface area contributed by atoms with Gasteiger partial charge in [-0.2, -0.15) is 0 Å². The van der Waals surface area contributed by atoms with Crippen molar-refractivity contribution in [2.45, 2.75) is 59.1 Å². The summed E-state index contributed by atoms with van der Waals surface area (Å²) in [6.45, 7) is 13.8. The van der Waals surface area contributed by atoms with Gasteiger partial charge < -0.3 is 9.53 Å². The molecular weight excluding hydrogens is 348 g/mol. The first-order chi connectivity index (χ1) is 12.7. The fraction of sp³-hybridized carbons (Fsp3) is 0.500. The summed E-state index contributed by atoms with van der Waals surface area (Å²) in [4.78, 5) is 0. The molecule has 0 saturated carbocycles. The lowest BCUT2D eigenvalue weighted by Crippen LogP contribution is -2.67. The average molecular weight is 385 g/mol. The molecule has 2 aromatic carbocycles. The first-order valence-corrected chi connectivity index (χ1v) is 12.1. The van der Waals surface area contributed by atoms with E-state index in [4.69, 9.17) is 4.43 Å². The highest BCUT2D eigenvalue weighted by Crippen LogP contribution is 2.37. The summed E-state index contributed by atoms with van der Waals surface area (Å²) in [5, 5.41) is 13.2. The molecule has 0 aliphatic heterocycles. The number of rotatable bonds is 8. The molecule has 0 aliphatic rings. The molecular formula is C24H36O2Si. The molecule has 2 rings (SSSR count). The van der Waals surface area contributed by atoms with E-state index in [0.717, 1.165) is 6.42 Å². The van der Waals surface area contributed by atoms with Crippen LogP contribution in [0.1, 0.15) is 48.0 Å². The Morgan fingerprint density at radius 2 is 1.30 bits per heavy atom. The van der Waals surface area contributed by atoms with E-state index >= 15 is 0 Å². The second-order valence-electron chi connectivity index (χ2n) is 8.83. The van der Waals surface area contributed by atoms with E-state index < -0.39 is 8.32 Å². The third-order valence-corrected chi connectivity index (χ3v) is 10.8. The number of benzene rings is 2. The molecule has 3 atom stereocenters. The molecule has 0 unspecified atom stereocenters. The molecule has 27 heavy (non-hydrogen) atoms. The predicted molar refractivity (Wildman–Crippen MR) is 118 cm³/mol. The van der Waals surface area contributed by atoms with E-state index in [0.29, 0.717) is 6.61 Å². The van der Waals surface area contributed by atoms with Crippen molar-refractivity contribution in [3.05, 3.63) is 60.7 Å². The number of hydrogen-bond donors (Lipinski definition) is 1. The quantitative estimate of drug-likeness (QED) is 0.674. The third-order valence-electron chi connectivity index (χ3n) is 5.79. The zero-order valence-electron chi connectivity index (χ0n) is 17.8. The summed E-state index contributed by atoms with van der Waals surface area (Å²) in [7, 11) is -2.51. The smallest absolute Gasteiger partial charge is 0.261 e. The molecule has 0 aromatic heterocycles. The highest BCUT2D eigenvalue weighted by Gasteiger charge is 2.50. The van der Waals surface area contributed by atoms with Gasteiger partial charge in [0.05, 0.1) is 6.10 Å².